The maximum absolute atomic E-state index is 12.5. The monoisotopic (exact) mass is 300 g/mol. The van der Waals surface area contributed by atoms with Gasteiger partial charge in [0.25, 0.3) is 5.91 Å². The first-order chi connectivity index (χ1) is 10.0. The van der Waals surface area contributed by atoms with Gasteiger partial charge in [0, 0.05) is 12.4 Å². The summed E-state index contributed by atoms with van der Waals surface area (Å²) in [4.78, 5) is 21.0. The number of halogens is 1. The van der Waals surface area contributed by atoms with Crippen molar-refractivity contribution in [3.63, 3.8) is 0 Å². The summed E-state index contributed by atoms with van der Waals surface area (Å²) in [7, 11) is 0. The van der Waals surface area contributed by atoms with Crippen LogP contribution in [-0.2, 0) is 0 Å². The van der Waals surface area contributed by atoms with Crippen LogP contribution in [0.1, 0.15) is 21.7 Å². The molecule has 0 fully saturated rings. The van der Waals surface area contributed by atoms with Crippen LogP contribution in [0.2, 0.25) is 5.02 Å². The molecule has 3 aromatic rings. The smallest absolute Gasteiger partial charge is 0.275 e. The van der Waals surface area contributed by atoms with E-state index in [0.29, 0.717) is 27.9 Å². The van der Waals surface area contributed by atoms with E-state index in [1.807, 2.05) is 19.1 Å². The molecule has 0 bridgehead atoms. The number of nitrogens with zero attached hydrogens (tertiary/aromatic N) is 3. The molecular weight excluding hydrogens is 288 g/mol. The minimum absolute atomic E-state index is 0.264. The average Bonchev–Trinajstić information content (AvgIpc) is 2.74. The summed E-state index contributed by atoms with van der Waals surface area (Å²) >= 11 is 5.99. The Morgan fingerprint density at radius 1 is 1.29 bits per heavy atom. The number of hydrogen-bond acceptors (Lipinski definition) is 3. The number of carbonyl (C=O) groups excluding carboxylic acids is 1. The summed E-state index contributed by atoms with van der Waals surface area (Å²) < 4.78 is 1.68. The Labute approximate surface area is 126 Å². The summed E-state index contributed by atoms with van der Waals surface area (Å²) in [6.07, 6.45) is 3.33. The number of amides is 1. The highest BCUT2D eigenvalue weighted by atomic mass is 35.5. The number of fused-ring (bicyclic) bond motifs is 1. The Balaban J connectivity index is 2.01. The Bertz CT molecular complexity index is 841. The minimum atomic E-state index is -0.264. The van der Waals surface area contributed by atoms with E-state index < -0.39 is 0 Å². The maximum Gasteiger partial charge on any atom is 0.275 e. The summed E-state index contributed by atoms with van der Waals surface area (Å²) in [6.45, 7) is 3.73. The molecule has 3 rings (SSSR count). The second-order valence-corrected chi connectivity index (χ2v) is 5.23. The Morgan fingerprint density at radius 2 is 2.10 bits per heavy atom. The van der Waals surface area contributed by atoms with E-state index in [9.17, 15) is 4.79 Å². The van der Waals surface area contributed by atoms with Crippen molar-refractivity contribution >= 4 is 29.0 Å². The van der Waals surface area contributed by atoms with Crippen LogP contribution in [0.25, 0.3) is 5.65 Å². The summed E-state index contributed by atoms with van der Waals surface area (Å²) in [6, 6.07) is 7.20. The molecule has 3 aromatic heterocycles. The third kappa shape index (κ3) is 2.60. The Kier molecular flexibility index (Phi) is 3.35. The fourth-order valence-corrected chi connectivity index (χ4v) is 2.35. The molecule has 0 aromatic carbocycles. The second-order valence-electron chi connectivity index (χ2n) is 4.79. The predicted octanol–water partition coefficient (Wildman–Crippen LogP) is 3.25. The highest BCUT2D eigenvalue weighted by Crippen LogP contribution is 2.17. The molecule has 0 radical (unpaired) electrons. The van der Waals surface area contributed by atoms with Crippen LogP contribution >= 0.6 is 11.6 Å². The van der Waals surface area contributed by atoms with Gasteiger partial charge in [-0.2, -0.15) is 0 Å². The first-order valence-electron chi connectivity index (χ1n) is 6.43. The fraction of sp³-hybridized carbons (Fsp3) is 0.133. The van der Waals surface area contributed by atoms with Crippen molar-refractivity contribution in [3.05, 3.63) is 58.6 Å². The third-order valence-electron chi connectivity index (χ3n) is 3.13. The predicted molar refractivity (Wildman–Crippen MR) is 81.9 cm³/mol. The topological polar surface area (TPSA) is 59.3 Å². The molecule has 0 aliphatic rings. The lowest BCUT2D eigenvalue weighted by molar-refractivity contribution is 0.102. The van der Waals surface area contributed by atoms with Gasteiger partial charge in [0.15, 0.2) is 0 Å². The largest absolute Gasteiger partial charge is 0.305 e. The minimum Gasteiger partial charge on any atom is -0.305 e. The van der Waals surface area contributed by atoms with Crippen LogP contribution in [0, 0.1) is 13.8 Å². The standard InChI is InChI=1S/C15H13ClN4O/c1-9-5-6-17-12(7-9)19-15(21)14-10(2)18-13-4-3-11(16)8-20(13)14/h3-8H,1-2H3,(H,17,19,21). The molecule has 1 amide bonds. The maximum atomic E-state index is 12.5. The highest BCUT2D eigenvalue weighted by Gasteiger charge is 2.17. The van der Waals surface area contributed by atoms with Crippen LogP contribution in [0.5, 0.6) is 0 Å². The van der Waals surface area contributed by atoms with Crippen LogP contribution in [0.3, 0.4) is 0 Å². The van der Waals surface area contributed by atoms with Gasteiger partial charge in [-0.1, -0.05) is 11.6 Å². The number of anilines is 1. The van der Waals surface area contributed by atoms with E-state index in [2.05, 4.69) is 15.3 Å². The van der Waals surface area contributed by atoms with E-state index in [4.69, 9.17) is 11.6 Å². The lowest BCUT2D eigenvalue weighted by Crippen LogP contribution is -2.16. The average molecular weight is 301 g/mol. The van der Waals surface area contributed by atoms with Crippen LogP contribution in [0.4, 0.5) is 5.82 Å². The van der Waals surface area contributed by atoms with E-state index >= 15 is 0 Å². The first-order valence-corrected chi connectivity index (χ1v) is 6.80. The molecule has 1 N–H and O–H groups in total. The van der Waals surface area contributed by atoms with Crippen molar-refractivity contribution < 1.29 is 4.79 Å². The number of aromatic nitrogens is 3. The molecule has 3 heterocycles. The molecule has 21 heavy (non-hydrogen) atoms. The molecule has 0 saturated heterocycles. The number of nitrogens with one attached hydrogen (secondary N) is 1. The van der Waals surface area contributed by atoms with E-state index in [-0.39, 0.29) is 5.91 Å². The van der Waals surface area contributed by atoms with Crippen molar-refractivity contribution in [1.82, 2.24) is 14.4 Å². The van der Waals surface area contributed by atoms with Gasteiger partial charge in [0.05, 0.1) is 10.7 Å². The normalized spacial score (nSPS) is 10.8. The van der Waals surface area contributed by atoms with E-state index in [1.54, 1.807) is 35.9 Å². The molecule has 0 spiro atoms. The van der Waals surface area contributed by atoms with Gasteiger partial charge < -0.3 is 5.32 Å². The Hall–Kier alpha value is -2.40. The van der Waals surface area contributed by atoms with E-state index in [1.165, 1.54) is 0 Å². The summed E-state index contributed by atoms with van der Waals surface area (Å²) in [5.41, 5.74) is 2.80. The van der Waals surface area contributed by atoms with Gasteiger partial charge >= 0.3 is 0 Å². The number of carbonyl (C=O) groups is 1. The SMILES string of the molecule is Cc1ccnc(NC(=O)c2c(C)nc3ccc(Cl)cn23)c1. The molecule has 0 aliphatic carbocycles. The van der Waals surface area contributed by atoms with Crippen molar-refractivity contribution in [2.75, 3.05) is 5.32 Å². The van der Waals surface area contributed by atoms with E-state index in [0.717, 1.165) is 5.56 Å². The Morgan fingerprint density at radius 3 is 2.86 bits per heavy atom. The zero-order chi connectivity index (χ0) is 15.0. The molecule has 6 heteroatoms. The van der Waals surface area contributed by atoms with Gasteiger partial charge in [-0.25, -0.2) is 9.97 Å². The number of hydrogen-bond donors (Lipinski definition) is 1. The van der Waals surface area contributed by atoms with Gasteiger partial charge in [-0.05, 0) is 43.7 Å². The van der Waals surface area contributed by atoms with Crippen LogP contribution in [-0.4, -0.2) is 20.3 Å². The third-order valence-corrected chi connectivity index (χ3v) is 3.35. The number of pyridine rings is 2. The lowest BCUT2D eigenvalue weighted by atomic mass is 10.3. The lowest BCUT2D eigenvalue weighted by Gasteiger charge is -2.06. The van der Waals surface area contributed by atoms with Gasteiger partial charge in [-0.15, -0.1) is 0 Å². The first kappa shape index (κ1) is 13.6. The second kappa shape index (κ2) is 5.18. The quantitative estimate of drug-likeness (QED) is 0.790. The molecular formula is C15H13ClN4O. The van der Waals surface area contributed by atoms with Gasteiger partial charge in [-0.3, -0.25) is 9.20 Å². The van der Waals surface area contributed by atoms with Gasteiger partial charge in [0.1, 0.15) is 17.2 Å². The van der Waals surface area contributed by atoms with Crippen molar-refractivity contribution in [2.24, 2.45) is 0 Å². The van der Waals surface area contributed by atoms with Crippen LogP contribution < -0.4 is 5.32 Å². The fourth-order valence-electron chi connectivity index (χ4n) is 2.19. The molecule has 0 aliphatic heterocycles. The molecule has 106 valence electrons. The molecule has 5 nitrogen and oxygen atoms in total. The number of rotatable bonds is 2. The van der Waals surface area contributed by atoms with Gasteiger partial charge in [0.2, 0.25) is 0 Å². The summed E-state index contributed by atoms with van der Waals surface area (Å²) in [5.74, 6) is 0.247. The zero-order valence-electron chi connectivity index (χ0n) is 11.6. The zero-order valence-corrected chi connectivity index (χ0v) is 12.3. The van der Waals surface area contributed by atoms with Crippen molar-refractivity contribution in [1.29, 1.82) is 0 Å². The molecule has 0 unspecified atom stereocenters. The van der Waals surface area contributed by atoms with Crippen molar-refractivity contribution in [3.8, 4) is 0 Å². The number of aryl methyl sites for hydroxylation is 2. The van der Waals surface area contributed by atoms with Crippen LogP contribution in [0.15, 0.2) is 36.7 Å². The van der Waals surface area contributed by atoms with Crippen molar-refractivity contribution in [2.45, 2.75) is 13.8 Å². The molecule has 0 saturated carbocycles. The summed E-state index contributed by atoms with van der Waals surface area (Å²) in [5, 5.41) is 3.33. The number of imidazole rings is 1. The highest BCUT2D eigenvalue weighted by molar-refractivity contribution is 6.30. The molecule has 0 atom stereocenters.